The molecule has 0 saturated carbocycles. The lowest BCUT2D eigenvalue weighted by atomic mass is 10.1. The van der Waals surface area contributed by atoms with Crippen LogP contribution in [0, 0.1) is 0 Å². The second-order valence-electron chi connectivity index (χ2n) is 6.88. The Kier molecular flexibility index (Phi) is 7.37. The Morgan fingerprint density at radius 3 is 2.23 bits per heavy atom. The molecule has 0 bridgehead atoms. The van der Waals surface area contributed by atoms with Crippen molar-refractivity contribution in [1.82, 2.24) is 4.72 Å². The Balaban J connectivity index is 1.70. The molecular weight excluding hydrogens is 424 g/mol. The molecule has 1 aliphatic rings. The van der Waals surface area contributed by atoms with E-state index in [-0.39, 0.29) is 17.5 Å². The van der Waals surface area contributed by atoms with Crippen LogP contribution < -0.4 is 24.2 Å². The van der Waals surface area contributed by atoms with Gasteiger partial charge in [0.25, 0.3) is 5.91 Å². The molecule has 0 aromatic heterocycles. The molecule has 9 nitrogen and oxygen atoms in total. The maximum Gasteiger partial charge on any atom is 0.255 e. The Labute approximate surface area is 181 Å². The van der Waals surface area contributed by atoms with Gasteiger partial charge in [0.2, 0.25) is 15.8 Å². The molecule has 0 radical (unpaired) electrons. The highest BCUT2D eigenvalue weighted by Gasteiger charge is 2.21. The highest BCUT2D eigenvalue weighted by molar-refractivity contribution is 7.89. The van der Waals surface area contributed by atoms with E-state index in [4.69, 9.17) is 18.9 Å². The zero-order chi connectivity index (χ0) is 22.4. The number of ether oxygens (including phenoxy) is 4. The van der Waals surface area contributed by atoms with Crippen LogP contribution in [0.1, 0.15) is 23.2 Å². The fourth-order valence-corrected chi connectivity index (χ4v) is 4.29. The van der Waals surface area contributed by atoms with Crippen molar-refractivity contribution in [2.75, 3.05) is 39.8 Å². The molecule has 1 saturated heterocycles. The lowest BCUT2D eigenvalue weighted by molar-refractivity contribution is 0.102. The molecule has 0 spiro atoms. The van der Waals surface area contributed by atoms with Gasteiger partial charge in [-0.15, -0.1) is 0 Å². The van der Waals surface area contributed by atoms with Crippen LogP contribution in [0.5, 0.6) is 17.2 Å². The zero-order valence-corrected chi connectivity index (χ0v) is 18.5. The molecule has 2 aromatic carbocycles. The summed E-state index contributed by atoms with van der Waals surface area (Å²) >= 11 is 0. The van der Waals surface area contributed by atoms with Gasteiger partial charge in [-0.25, -0.2) is 13.1 Å². The maximum atomic E-state index is 12.7. The fraction of sp³-hybridized carbons (Fsp3) is 0.381. The molecule has 1 aliphatic heterocycles. The predicted octanol–water partition coefficient (Wildman–Crippen LogP) is 2.42. The molecule has 1 heterocycles. The quantitative estimate of drug-likeness (QED) is 0.603. The number of carbonyl (C=O) groups is 1. The van der Waals surface area contributed by atoms with E-state index in [1.807, 2.05) is 0 Å². The van der Waals surface area contributed by atoms with Gasteiger partial charge in [-0.1, -0.05) is 0 Å². The van der Waals surface area contributed by atoms with E-state index >= 15 is 0 Å². The van der Waals surface area contributed by atoms with E-state index in [1.165, 1.54) is 57.7 Å². The van der Waals surface area contributed by atoms with Crippen LogP contribution in [0.4, 0.5) is 5.69 Å². The molecule has 168 valence electrons. The van der Waals surface area contributed by atoms with Gasteiger partial charge in [-0.3, -0.25) is 4.79 Å². The van der Waals surface area contributed by atoms with Gasteiger partial charge in [0, 0.05) is 24.4 Å². The summed E-state index contributed by atoms with van der Waals surface area (Å²) in [5, 5.41) is 2.73. The van der Waals surface area contributed by atoms with Gasteiger partial charge in [-0.05, 0) is 49.2 Å². The van der Waals surface area contributed by atoms with Gasteiger partial charge < -0.3 is 24.3 Å². The van der Waals surface area contributed by atoms with E-state index < -0.39 is 15.9 Å². The zero-order valence-electron chi connectivity index (χ0n) is 17.6. The summed E-state index contributed by atoms with van der Waals surface area (Å²) in [5.41, 5.74) is 0.737. The lowest BCUT2D eigenvalue weighted by Gasteiger charge is -2.14. The van der Waals surface area contributed by atoms with E-state index in [2.05, 4.69) is 10.0 Å². The average Bonchev–Trinajstić information content (AvgIpc) is 3.31. The first kappa shape index (κ1) is 22.9. The summed E-state index contributed by atoms with van der Waals surface area (Å²) in [6.45, 7) is 0.898. The molecule has 2 N–H and O–H groups in total. The van der Waals surface area contributed by atoms with Crippen molar-refractivity contribution in [3.8, 4) is 17.2 Å². The lowest BCUT2D eigenvalue weighted by Crippen LogP contribution is -2.31. The highest BCUT2D eigenvalue weighted by Crippen LogP contribution is 2.38. The van der Waals surface area contributed by atoms with Crippen molar-refractivity contribution in [2.24, 2.45) is 0 Å². The number of sulfonamides is 1. The number of hydrogen-bond donors (Lipinski definition) is 2. The normalized spacial score (nSPS) is 16.0. The van der Waals surface area contributed by atoms with E-state index in [0.29, 0.717) is 35.1 Å². The van der Waals surface area contributed by atoms with Crippen molar-refractivity contribution >= 4 is 21.6 Å². The summed E-state index contributed by atoms with van der Waals surface area (Å²) in [6.07, 6.45) is 1.69. The summed E-state index contributed by atoms with van der Waals surface area (Å²) in [5.74, 6) is 0.675. The monoisotopic (exact) mass is 450 g/mol. The SMILES string of the molecule is COc1cc(C(=O)Nc2ccc(S(=O)(=O)NC[C@@H]3CCCO3)cc2)cc(OC)c1OC. The largest absolute Gasteiger partial charge is 0.493 e. The first-order valence-corrected chi connectivity index (χ1v) is 11.2. The third kappa shape index (κ3) is 5.46. The number of amides is 1. The molecule has 3 rings (SSSR count). The topological polar surface area (TPSA) is 112 Å². The van der Waals surface area contributed by atoms with Crippen LogP contribution in [0.3, 0.4) is 0 Å². The number of rotatable bonds is 9. The molecule has 1 atom stereocenters. The Morgan fingerprint density at radius 2 is 1.71 bits per heavy atom. The maximum absolute atomic E-state index is 12.7. The Morgan fingerprint density at radius 1 is 1.06 bits per heavy atom. The summed E-state index contributed by atoms with van der Waals surface area (Å²) < 4.78 is 48.7. The number of nitrogens with one attached hydrogen (secondary N) is 2. The minimum atomic E-state index is -3.66. The summed E-state index contributed by atoms with van der Waals surface area (Å²) in [6, 6.07) is 8.98. The Hall–Kier alpha value is -2.82. The Bertz CT molecular complexity index is 992. The van der Waals surface area contributed by atoms with Gasteiger partial charge in [-0.2, -0.15) is 0 Å². The van der Waals surface area contributed by atoms with Crippen molar-refractivity contribution in [2.45, 2.75) is 23.8 Å². The van der Waals surface area contributed by atoms with Gasteiger partial charge in [0.15, 0.2) is 11.5 Å². The summed E-state index contributed by atoms with van der Waals surface area (Å²) in [7, 11) is 0.744. The first-order valence-electron chi connectivity index (χ1n) is 9.70. The van der Waals surface area contributed by atoms with E-state index in [1.54, 1.807) is 0 Å². The predicted molar refractivity (Wildman–Crippen MR) is 115 cm³/mol. The highest BCUT2D eigenvalue weighted by atomic mass is 32.2. The van der Waals surface area contributed by atoms with Crippen LogP contribution in [0.25, 0.3) is 0 Å². The molecule has 1 fully saturated rings. The fourth-order valence-electron chi connectivity index (χ4n) is 3.22. The minimum absolute atomic E-state index is 0.0909. The van der Waals surface area contributed by atoms with E-state index in [0.717, 1.165) is 12.8 Å². The molecule has 1 amide bonds. The van der Waals surface area contributed by atoms with Crippen LogP contribution in [-0.4, -0.2) is 54.9 Å². The molecular formula is C21H26N2O7S. The van der Waals surface area contributed by atoms with Gasteiger partial charge in [0.05, 0.1) is 32.3 Å². The van der Waals surface area contributed by atoms with Crippen LogP contribution in [-0.2, 0) is 14.8 Å². The van der Waals surface area contributed by atoms with Crippen molar-refractivity contribution in [1.29, 1.82) is 0 Å². The number of anilines is 1. The van der Waals surface area contributed by atoms with Crippen molar-refractivity contribution < 1.29 is 32.2 Å². The molecule has 2 aromatic rings. The van der Waals surface area contributed by atoms with Crippen LogP contribution in [0.2, 0.25) is 0 Å². The van der Waals surface area contributed by atoms with E-state index in [9.17, 15) is 13.2 Å². The second kappa shape index (κ2) is 9.99. The van der Waals surface area contributed by atoms with Crippen LogP contribution in [0.15, 0.2) is 41.3 Å². The average molecular weight is 451 g/mol. The smallest absolute Gasteiger partial charge is 0.255 e. The van der Waals surface area contributed by atoms with Gasteiger partial charge in [0.1, 0.15) is 0 Å². The molecule has 10 heteroatoms. The number of benzene rings is 2. The first-order chi connectivity index (χ1) is 14.9. The minimum Gasteiger partial charge on any atom is -0.493 e. The molecule has 0 aliphatic carbocycles. The third-order valence-electron chi connectivity index (χ3n) is 4.87. The third-order valence-corrected chi connectivity index (χ3v) is 6.31. The summed E-state index contributed by atoms with van der Waals surface area (Å²) in [4.78, 5) is 12.8. The molecule has 0 unspecified atom stereocenters. The molecule has 31 heavy (non-hydrogen) atoms. The number of carbonyl (C=O) groups excluding carboxylic acids is 1. The standard InChI is InChI=1S/C21H26N2O7S/c1-27-18-11-14(12-19(28-2)20(18)29-3)21(24)23-15-6-8-17(9-7-15)31(25,26)22-13-16-5-4-10-30-16/h6-9,11-12,16,22H,4-5,10,13H2,1-3H3,(H,23,24)/t16-/m0/s1. The van der Waals surface area contributed by atoms with Crippen molar-refractivity contribution in [3.05, 3.63) is 42.0 Å². The number of methoxy groups -OCH3 is 3. The number of hydrogen-bond acceptors (Lipinski definition) is 7. The van der Waals surface area contributed by atoms with Gasteiger partial charge >= 0.3 is 0 Å². The van der Waals surface area contributed by atoms with Crippen LogP contribution >= 0.6 is 0 Å². The second-order valence-corrected chi connectivity index (χ2v) is 8.65. The van der Waals surface area contributed by atoms with Crippen molar-refractivity contribution in [3.63, 3.8) is 0 Å².